The van der Waals surface area contributed by atoms with Crippen LogP contribution in [-0.4, -0.2) is 49.9 Å². The van der Waals surface area contributed by atoms with Crippen LogP contribution in [0, 0.1) is 0 Å². The van der Waals surface area contributed by atoms with Gasteiger partial charge in [0.2, 0.25) is 5.60 Å². The molecule has 0 radical (unpaired) electrons. The molecule has 2 amide bonds. The van der Waals surface area contributed by atoms with Crippen LogP contribution in [0.15, 0.2) is 59.3 Å². The lowest BCUT2D eigenvalue weighted by molar-refractivity contribution is -0.144. The van der Waals surface area contributed by atoms with Crippen LogP contribution in [0.5, 0.6) is 0 Å². The number of primary amides is 1. The number of likely N-dealkylation sites (N-methyl/N-ethyl adjacent to an activating group) is 1. The topological polar surface area (TPSA) is 135 Å². The van der Waals surface area contributed by atoms with Gasteiger partial charge < -0.3 is 20.3 Å². The first-order valence-corrected chi connectivity index (χ1v) is 10.9. The SMILES string of the molecule is CN1CC[C@@](O)(c2cc(-c3cccc(-c4cc(-c5ccns5)cc(C(N)=O)n4)c3)no2)C1=O. The Labute approximate surface area is 192 Å². The maximum atomic E-state index is 12.4. The number of hydrogen-bond donors (Lipinski definition) is 2. The highest BCUT2D eigenvalue weighted by atomic mass is 32.1. The molecular weight excluding hydrogens is 442 g/mol. The number of pyridine rings is 1. The monoisotopic (exact) mass is 461 g/mol. The fraction of sp³-hybridized carbons (Fsp3) is 0.174. The van der Waals surface area contributed by atoms with E-state index in [2.05, 4.69) is 14.5 Å². The third-order valence-electron chi connectivity index (χ3n) is 5.68. The molecule has 1 aliphatic heterocycles. The molecule has 4 heterocycles. The Kier molecular flexibility index (Phi) is 5.03. The zero-order valence-corrected chi connectivity index (χ0v) is 18.4. The van der Waals surface area contributed by atoms with Crippen LogP contribution in [0.2, 0.25) is 0 Å². The quantitative estimate of drug-likeness (QED) is 0.466. The lowest BCUT2D eigenvalue weighted by atomic mass is 9.97. The molecule has 33 heavy (non-hydrogen) atoms. The number of amides is 2. The van der Waals surface area contributed by atoms with E-state index in [1.165, 1.54) is 16.4 Å². The van der Waals surface area contributed by atoms with Crippen molar-refractivity contribution in [2.24, 2.45) is 5.73 Å². The van der Waals surface area contributed by atoms with E-state index in [4.69, 9.17) is 10.3 Å². The van der Waals surface area contributed by atoms with Crippen molar-refractivity contribution in [2.45, 2.75) is 12.0 Å². The number of nitrogens with two attached hydrogens (primary N) is 1. The second-order valence-corrected chi connectivity index (χ2v) is 8.69. The van der Waals surface area contributed by atoms with Crippen LogP contribution in [-0.2, 0) is 10.4 Å². The number of carbonyl (C=O) groups is 2. The lowest BCUT2D eigenvalue weighted by Gasteiger charge is -2.16. The summed E-state index contributed by atoms with van der Waals surface area (Å²) in [5, 5.41) is 14.9. The molecular formula is C23H19N5O4S. The Balaban J connectivity index is 1.53. The van der Waals surface area contributed by atoms with Crippen molar-refractivity contribution in [3.05, 3.63) is 66.2 Å². The molecule has 10 heteroatoms. The Morgan fingerprint density at radius 1 is 1.15 bits per heavy atom. The van der Waals surface area contributed by atoms with Gasteiger partial charge in [-0.25, -0.2) is 9.36 Å². The molecule has 3 aromatic heterocycles. The number of rotatable bonds is 5. The van der Waals surface area contributed by atoms with Gasteiger partial charge in [-0.3, -0.25) is 9.59 Å². The van der Waals surface area contributed by atoms with Crippen molar-refractivity contribution in [1.29, 1.82) is 0 Å². The molecule has 1 saturated heterocycles. The van der Waals surface area contributed by atoms with Gasteiger partial charge in [0.05, 0.1) is 10.6 Å². The number of aromatic nitrogens is 3. The third kappa shape index (κ3) is 3.69. The lowest BCUT2D eigenvalue weighted by Crippen LogP contribution is -2.35. The molecule has 166 valence electrons. The van der Waals surface area contributed by atoms with Crippen molar-refractivity contribution in [3.63, 3.8) is 0 Å². The van der Waals surface area contributed by atoms with Gasteiger partial charge >= 0.3 is 0 Å². The first kappa shape index (κ1) is 21.0. The Morgan fingerprint density at radius 3 is 2.61 bits per heavy atom. The van der Waals surface area contributed by atoms with E-state index in [0.717, 1.165) is 16.0 Å². The molecule has 1 aromatic carbocycles. The van der Waals surface area contributed by atoms with E-state index in [9.17, 15) is 14.7 Å². The standard InChI is InChI=1S/C23H19N5O4S/c1-28-8-6-23(31,22(28)30)20-12-17(27-32-20)14-4-2-3-13(9-14)16-10-15(19-5-7-25-33-19)11-18(26-16)21(24)29/h2-5,7,9-12,31H,6,8H2,1H3,(H2,24,29)/t23-/m1/s1. The van der Waals surface area contributed by atoms with E-state index >= 15 is 0 Å². The summed E-state index contributed by atoms with van der Waals surface area (Å²) in [6.07, 6.45) is 1.93. The summed E-state index contributed by atoms with van der Waals surface area (Å²) in [4.78, 5) is 31.0. The number of benzene rings is 1. The highest BCUT2D eigenvalue weighted by molar-refractivity contribution is 7.09. The fourth-order valence-corrected chi connectivity index (χ4v) is 4.42. The third-order valence-corrected chi connectivity index (χ3v) is 6.48. The molecule has 1 fully saturated rings. The van der Waals surface area contributed by atoms with Gasteiger partial charge in [0.1, 0.15) is 11.4 Å². The Bertz CT molecular complexity index is 1370. The van der Waals surface area contributed by atoms with Crippen molar-refractivity contribution in [2.75, 3.05) is 13.6 Å². The van der Waals surface area contributed by atoms with Crippen LogP contribution in [0.3, 0.4) is 0 Å². The summed E-state index contributed by atoms with van der Waals surface area (Å²) in [6.45, 7) is 0.435. The molecule has 5 rings (SSSR count). The van der Waals surface area contributed by atoms with Crippen LogP contribution in [0.25, 0.3) is 33.0 Å². The normalized spacial score (nSPS) is 18.1. The van der Waals surface area contributed by atoms with E-state index in [1.54, 1.807) is 25.4 Å². The van der Waals surface area contributed by atoms with Crippen molar-refractivity contribution < 1.29 is 19.2 Å². The number of aliphatic hydroxyl groups is 1. The average molecular weight is 462 g/mol. The largest absolute Gasteiger partial charge is 0.373 e. The van der Waals surface area contributed by atoms with Gasteiger partial charge in [-0.15, -0.1) is 0 Å². The summed E-state index contributed by atoms with van der Waals surface area (Å²) in [7, 11) is 1.63. The van der Waals surface area contributed by atoms with Crippen molar-refractivity contribution >= 4 is 23.3 Å². The smallest absolute Gasteiger partial charge is 0.267 e. The van der Waals surface area contributed by atoms with Crippen molar-refractivity contribution in [1.82, 2.24) is 19.4 Å². The first-order valence-electron chi connectivity index (χ1n) is 10.1. The van der Waals surface area contributed by atoms with E-state index < -0.39 is 17.4 Å². The number of carbonyl (C=O) groups excluding carboxylic acids is 2. The molecule has 0 bridgehead atoms. The molecule has 0 spiro atoms. The second-order valence-electron chi connectivity index (χ2n) is 7.86. The maximum Gasteiger partial charge on any atom is 0.267 e. The second kappa shape index (κ2) is 7.91. The molecule has 1 aliphatic rings. The van der Waals surface area contributed by atoms with Crippen LogP contribution < -0.4 is 5.73 Å². The zero-order valence-electron chi connectivity index (χ0n) is 17.6. The minimum Gasteiger partial charge on any atom is -0.373 e. The average Bonchev–Trinajstić information content (AvgIpc) is 3.58. The highest BCUT2D eigenvalue weighted by Gasteiger charge is 2.48. The predicted octanol–water partition coefficient (Wildman–Crippen LogP) is 2.68. The van der Waals surface area contributed by atoms with E-state index in [1.807, 2.05) is 36.4 Å². The Hall–Kier alpha value is -3.89. The molecule has 0 aliphatic carbocycles. The maximum absolute atomic E-state index is 12.4. The summed E-state index contributed by atoms with van der Waals surface area (Å²) >= 11 is 1.31. The molecule has 4 aromatic rings. The highest BCUT2D eigenvalue weighted by Crippen LogP contribution is 2.35. The summed E-state index contributed by atoms with van der Waals surface area (Å²) in [5.41, 5.74) is 7.21. The van der Waals surface area contributed by atoms with Gasteiger partial charge in [-0.2, -0.15) is 0 Å². The molecule has 9 nitrogen and oxygen atoms in total. The van der Waals surface area contributed by atoms with Gasteiger partial charge in [-0.1, -0.05) is 23.4 Å². The van der Waals surface area contributed by atoms with Gasteiger partial charge in [-0.05, 0) is 41.4 Å². The fourth-order valence-electron chi connectivity index (χ4n) is 3.84. The minimum absolute atomic E-state index is 0.110. The Morgan fingerprint density at radius 2 is 1.94 bits per heavy atom. The van der Waals surface area contributed by atoms with Gasteiger partial charge in [0.15, 0.2) is 5.76 Å². The first-order chi connectivity index (χ1) is 15.8. The van der Waals surface area contributed by atoms with Crippen LogP contribution in [0.1, 0.15) is 22.7 Å². The van der Waals surface area contributed by atoms with Crippen LogP contribution in [0.4, 0.5) is 0 Å². The van der Waals surface area contributed by atoms with Gasteiger partial charge in [0.25, 0.3) is 11.8 Å². The summed E-state index contributed by atoms with van der Waals surface area (Å²) in [5.74, 6) is -0.931. The zero-order chi connectivity index (χ0) is 23.2. The predicted molar refractivity (Wildman–Crippen MR) is 121 cm³/mol. The van der Waals surface area contributed by atoms with Gasteiger partial charge in [0, 0.05) is 43.4 Å². The summed E-state index contributed by atoms with van der Waals surface area (Å²) in [6, 6.07) is 14.3. The minimum atomic E-state index is -1.71. The van der Waals surface area contributed by atoms with Crippen molar-refractivity contribution in [3.8, 4) is 33.0 Å². The molecule has 0 saturated carbocycles. The number of hydrogen-bond acceptors (Lipinski definition) is 8. The van der Waals surface area contributed by atoms with Crippen LogP contribution >= 0.6 is 11.5 Å². The summed E-state index contributed by atoms with van der Waals surface area (Å²) < 4.78 is 9.48. The van der Waals surface area contributed by atoms with E-state index in [0.29, 0.717) is 23.5 Å². The number of likely N-dealkylation sites (tertiary alicyclic amines) is 1. The number of nitrogens with zero attached hydrogens (tertiary/aromatic N) is 4. The van der Waals surface area contributed by atoms with E-state index in [-0.39, 0.29) is 17.9 Å². The molecule has 0 unspecified atom stereocenters. The molecule has 1 atom stereocenters. The molecule has 3 N–H and O–H groups in total.